The summed E-state index contributed by atoms with van der Waals surface area (Å²) in [5.41, 5.74) is 9.26. The number of carbonyl (C=O) groups excluding carboxylic acids is 1. The summed E-state index contributed by atoms with van der Waals surface area (Å²) < 4.78 is 4.63. The van der Waals surface area contributed by atoms with Crippen LogP contribution >= 0.6 is 0 Å². The van der Waals surface area contributed by atoms with Gasteiger partial charge in [0.25, 0.3) is 0 Å². The Kier molecular flexibility index (Phi) is 3.52. The molecule has 0 spiro atoms. The first-order valence-electron chi connectivity index (χ1n) is 5.91. The van der Waals surface area contributed by atoms with Crippen molar-refractivity contribution in [3.05, 3.63) is 23.8 Å². The number of ether oxygens (including phenoxy) is 1. The Morgan fingerprint density at radius 3 is 3.12 bits per heavy atom. The number of nitrogens with zero attached hydrogens (tertiary/aromatic N) is 1. The molecule has 0 atom stereocenters. The maximum atomic E-state index is 11.0. The van der Waals surface area contributed by atoms with Crippen molar-refractivity contribution >= 4 is 17.3 Å². The summed E-state index contributed by atoms with van der Waals surface area (Å²) in [6, 6.07) is 6.01. The highest BCUT2D eigenvalue weighted by molar-refractivity contribution is 5.70. The van der Waals surface area contributed by atoms with E-state index < -0.39 is 0 Å². The number of carbonyl (C=O) groups is 1. The number of benzene rings is 1. The van der Waals surface area contributed by atoms with Crippen LogP contribution in [0, 0.1) is 0 Å². The van der Waals surface area contributed by atoms with Gasteiger partial charge in [0.15, 0.2) is 0 Å². The molecule has 2 N–H and O–H groups in total. The van der Waals surface area contributed by atoms with Crippen LogP contribution in [-0.4, -0.2) is 26.2 Å². The summed E-state index contributed by atoms with van der Waals surface area (Å²) in [6.07, 6.45) is 2.30. The molecule has 0 amide bonds. The van der Waals surface area contributed by atoms with Crippen molar-refractivity contribution in [2.45, 2.75) is 19.3 Å². The van der Waals surface area contributed by atoms with Gasteiger partial charge in [0.05, 0.1) is 7.11 Å². The lowest BCUT2D eigenvalue weighted by Gasteiger charge is -2.19. The van der Waals surface area contributed by atoms with Crippen molar-refractivity contribution in [1.29, 1.82) is 0 Å². The van der Waals surface area contributed by atoms with Crippen LogP contribution in [0.15, 0.2) is 18.2 Å². The zero-order chi connectivity index (χ0) is 12.3. The topological polar surface area (TPSA) is 55.6 Å². The molecule has 1 aromatic carbocycles. The molecule has 0 bridgehead atoms. The highest BCUT2D eigenvalue weighted by atomic mass is 16.5. The SMILES string of the molecule is COC(=O)CCCN1CCc2c(N)cccc21. The van der Waals surface area contributed by atoms with Gasteiger partial charge in [-0.25, -0.2) is 0 Å². The van der Waals surface area contributed by atoms with Crippen LogP contribution in [0.2, 0.25) is 0 Å². The van der Waals surface area contributed by atoms with Crippen LogP contribution in [-0.2, 0) is 16.0 Å². The third-order valence-corrected chi connectivity index (χ3v) is 3.20. The minimum Gasteiger partial charge on any atom is -0.469 e. The van der Waals surface area contributed by atoms with Crippen molar-refractivity contribution in [2.75, 3.05) is 30.8 Å². The third-order valence-electron chi connectivity index (χ3n) is 3.20. The van der Waals surface area contributed by atoms with Gasteiger partial charge in [-0.15, -0.1) is 0 Å². The Bertz CT molecular complexity index is 418. The number of nitrogen functional groups attached to an aromatic ring is 1. The Morgan fingerprint density at radius 2 is 2.35 bits per heavy atom. The number of esters is 1. The fourth-order valence-electron chi connectivity index (χ4n) is 2.28. The minimum atomic E-state index is -0.142. The lowest BCUT2D eigenvalue weighted by Crippen LogP contribution is -2.22. The molecule has 0 fully saturated rings. The summed E-state index contributed by atoms with van der Waals surface area (Å²) in [4.78, 5) is 13.3. The van der Waals surface area contributed by atoms with Gasteiger partial charge in [-0.2, -0.15) is 0 Å². The van der Waals surface area contributed by atoms with E-state index in [2.05, 4.69) is 15.7 Å². The van der Waals surface area contributed by atoms with E-state index in [1.807, 2.05) is 12.1 Å². The molecule has 92 valence electrons. The Hall–Kier alpha value is -1.71. The minimum absolute atomic E-state index is 0.142. The molecule has 0 saturated carbocycles. The van der Waals surface area contributed by atoms with Gasteiger partial charge in [-0.05, 0) is 25.0 Å². The highest BCUT2D eigenvalue weighted by Gasteiger charge is 2.20. The monoisotopic (exact) mass is 234 g/mol. The molecule has 17 heavy (non-hydrogen) atoms. The third kappa shape index (κ3) is 2.52. The summed E-state index contributed by atoms with van der Waals surface area (Å²) in [6.45, 7) is 1.87. The van der Waals surface area contributed by atoms with Gasteiger partial charge >= 0.3 is 5.97 Å². The van der Waals surface area contributed by atoms with Crippen LogP contribution in [0.3, 0.4) is 0 Å². The number of hydrogen-bond donors (Lipinski definition) is 1. The van der Waals surface area contributed by atoms with Gasteiger partial charge in [-0.3, -0.25) is 4.79 Å². The number of rotatable bonds is 4. The van der Waals surface area contributed by atoms with Crippen molar-refractivity contribution in [3.8, 4) is 0 Å². The number of anilines is 2. The summed E-state index contributed by atoms with van der Waals surface area (Å²) in [5, 5.41) is 0. The maximum Gasteiger partial charge on any atom is 0.305 e. The van der Waals surface area contributed by atoms with E-state index in [9.17, 15) is 4.79 Å². The molecule has 0 aliphatic carbocycles. The van der Waals surface area contributed by atoms with Gasteiger partial charge in [0.1, 0.15) is 0 Å². The van der Waals surface area contributed by atoms with E-state index in [0.717, 1.165) is 31.6 Å². The highest BCUT2D eigenvalue weighted by Crippen LogP contribution is 2.31. The molecule has 1 heterocycles. The molecule has 0 radical (unpaired) electrons. The second kappa shape index (κ2) is 5.08. The van der Waals surface area contributed by atoms with Gasteiger partial charge in [0, 0.05) is 36.4 Å². The Morgan fingerprint density at radius 1 is 1.53 bits per heavy atom. The van der Waals surface area contributed by atoms with Crippen LogP contribution in [0.1, 0.15) is 18.4 Å². The second-order valence-electron chi connectivity index (χ2n) is 4.26. The molecule has 0 unspecified atom stereocenters. The normalized spacial score (nSPS) is 13.6. The molecular formula is C13H18N2O2. The smallest absolute Gasteiger partial charge is 0.305 e. The molecule has 1 aromatic rings. The number of fused-ring (bicyclic) bond motifs is 1. The fourth-order valence-corrected chi connectivity index (χ4v) is 2.28. The van der Waals surface area contributed by atoms with Gasteiger partial charge in [0.2, 0.25) is 0 Å². The lowest BCUT2D eigenvalue weighted by molar-refractivity contribution is -0.140. The zero-order valence-corrected chi connectivity index (χ0v) is 10.1. The van der Waals surface area contributed by atoms with Crippen LogP contribution in [0.4, 0.5) is 11.4 Å². The molecular weight excluding hydrogens is 216 g/mol. The zero-order valence-electron chi connectivity index (χ0n) is 10.1. The molecule has 4 heteroatoms. The number of hydrogen-bond acceptors (Lipinski definition) is 4. The van der Waals surface area contributed by atoms with E-state index in [0.29, 0.717) is 6.42 Å². The van der Waals surface area contributed by atoms with Crippen molar-refractivity contribution in [2.24, 2.45) is 0 Å². The average molecular weight is 234 g/mol. The molecule has 2 rings (SSSR count). The number of nitrogens with two attached hydrogens (primary N) is 1. The Balaban J connectivity index is 1.94. The van der Waals surface area contributed by atoms with E-state index in [1.54, 1.807) is 0 Å². The fraction of sp³-hybridized carbons (Fsp3) is 0.462. The molecule has 1 aliphatic heterocycles. The predicted octanol–water partition coefficient (Wildman–Crippen LogP) is 1.58. The quantitative estimate of drug-likeness (QED) is 0.635. The lowest BCUT2D eigenvalue weighted by atomic mass is 10.1. The van der Waals surface area contributed by atoms with Crippen LogP contribution in [0.25, 0.3) is 0 Å². The first kappa shape index (κ1) is 11.8. The maximum absolute atomic E-state index is 11.0. The van der Waals surface area contributed by atoms with Crippen molar-refractivity contribution in [3.63, 3.8) is 0 Å². The average Bonchev–Trinajstić information content (AvgIpc) is 2.74. The summed E-state index contributed by atoms with van der Waals surface area (Å²) in [7, 11) is 1.42. The standard InChI is InChI=1S/C13H18N2O2/c1-17-13(16)6-3-8-15-9-7-10-11(14)4-2-5-12(10)15/h2,4-5H,3,6-9,14H2,1H3. The summed E-state index contributed by atoms with van der Waals surface area (Å²) >= 11 is 0. The van der Waals surface area contributed by atoms with Crippen molar-refractivity contribution in [1.82, 2.24) is 0 Å². The molecule has 0 saturated heterocycles. The molecule has 4 nitrogen and oxygen atoms in total. The largest absolute Gasteiger partial charge is 0.469 e. The number of methoxy groups -OCH3 is 1. The molecule has 1 aliphatic rings. The van der Waals surface area contributed by atoms with Crippen LogP contribution in [0.5, 0.6) is 0 Å². The van der Waals surface area contributed by atoms with E-state index in [4.69, 9.17) is 5.73 Å². The molecule has 0 aromatic heterocycles. The van der Waals surface area contributed by atoms with Crippen molar-refractivity contribution < 1.29 is 9.53 Å². The van der Waals surface area contributed by atoms with E-state index in [-0.39, 0.29) is 5.97 Å². The second-order valence-corrected chi connectivity index (χ2v) is 4.26. The van der Waals surface area contributed by atoms with Gasteiger partial charge < -0.3 is 15.4 Å². The first-order chi connectivity index (χ1) is 8.22. The Labute approximate surface area is 101 Å². The van der Waals surface area contributed by atoms with Gasteiger partial charge in [-0.1, -0.05) is 6.07 Å². The summed E-state index contributed by atoms with van der Waals surface area (Å²) in [5.74, 6) is -0.142. The van der Waals surface area contributed by atoms with E-state index >= 15 is 0 Å². The predicted molar refractivity (Wildman–Crippen MR) is 68.0 cm³/mol. The van der Waals surface area contributed by atoms with Crippen LogP contribution < -0.4 is 10.6 Å². The van der Waals surface area contributed by atoms with E-state index in [1.165, 1.54) is 18.4 Å². The first-order valence-corrected chi connectivity index (χ1v) is 5.91.